The summed E-state index contributed by atoms with van der Waals surface area (Å²) >= 11 is 1.90. The standard InChI is InChI=1S/C68H68BN3S/c1-64(2,3)43-36-59-63-60(37-43)72(48-26-29-50-49-24-18-19-25-61(49)73-62(50)40-48)57-39-47(70(44-20-14-12-15-21-44)45-22-16-13-17-23-45)28-31-55(57)69(63)56-41-53-54(68(10,11)35-34-67(53,8)9)42-58(56)71(59)46-27-30-51-52(38-46)66(6,7)33-32-65(51,4)5/h12-31,36-42H,32-35H2,1-11H3. The van der Waals surface area contributed by atoms with E-state index >= 15 is 0 Å². The van der Waals surface area contributed by atoms with E-state index in [1.807, 2.05) is 11.3 Å². The van der Waals surface area contributed by atoms with Gasteiger partial charge in [0.25, 0.3) is 6.71 Å². The Hall–Kier alpha value is -6.56. The lowest BCUT2D eigenvalue weighted by Gasteiger charge is -2.48. The van der Waals surface area contributed by atoms with Crippen molar-refractivity contribution in [2.24, 2.45) is 0 Å². The molecule has 9 aromatic rings. The van der Waals surface area contributed by atoms with E-state index in [1.165, 1.54) is 111 Å². The molecule has 0 bridgehead atoms. The number of nitrogens with zero attached hydrogens (tertiary/aromatic N) is 3. The molecule has 0 N–H and O–H groups in total. The van der Waals surface area contributed by atoms with Crippen LogP contribution >= 0.6 is 11.3 Å². The molecule has 0 fully saturated rings. The Balaban J connectivity index is 1.15. The molecule has 3 nitrogen and oxygen atoms in total. The van der Waals surface area contributed by atoms with Gasteiger partial charge in [0.2, 0.25) is 0 Å². The van der Waals surface area contributed by atoms with Crippen LogP contribution in [0, 0.1) is 0 Å². The summed E-state index contributed by atoms with van der Waals surface area (Å²) in [7, 11) is 0. The van der Waals surface area contributed by atoms with Gasteiger partial charge in [0.15, 0.2) is 0 Å². The Bertz CT molecular complexity index is 3660. The van der Waals surface area contributed by atoms with Crippen LogP contribution in [-0.2, 0) is 27.1 Å². The summed E-state index contributed by atoms with van der Waals surface area (Å²) in [5.74, 6) is 0. The zero-order valence-electron chi connectivity index (χ0n) is 44.7. The van der Waals surface area contributed by atoms with Gasteiger partial charge in [-0.1, -0.05) is 155 Å². The average molecular weight is 970 g/mol. The quantitative estimate of drug-likeness (QED) is 0.159. The maximum atomic E-state index is 2.72. The number of hydrogen-bond acceptors (Lipinski definition) is 4. The normalized spacial score (nSPS) is 17.7. The fourth-order valence-electron chi connectivity index (χ4n) is 13.3. The number of fused-ring (bicyclic) bond motifs is 9. The first-order chi connectivity index (χ1) is 34.8. The lowest BCUT2D eigenvalue weighted by molar-refractivity contribution is 0.332. The van der Waals surface area contributed by atoms with Gasteiger partial charge >= 0.3 is 0 Å². The Labute approximate surface area is 438 Å². The van der Waals surface area contributed by atoms with Crippen LogP contribution < -0.4 is 31.1 Å². The van der Waals surface area contributed by atoms with Gasteiger partial charge in [0.1, 0.15) is 0 Å². The number of hydrogen-bond donors (Lipinski definition) is 0. The van der Waals surface area contributed by atoms with Crippen molar-refractivity contribution in [3.05, 3.63) is 192 Å². The molecular formula is C68H68BN3S. The van der Waals surface area contributed by atoms with E-state index in [0.717, 1.165) is 29.9 Å². The monoisotopic (exact) mass is 970 g/mol. The van der Waals surface area contributed by atoms with Crippen molar-refractivity contribution < 1.29 is 0 Å². The van der Waals surface area contributed by atoms with Crippen molar-refractivity contribution in [2.75, 3.05) is 14.7 Å². The van der Waals surface area contributed by atoms with E-state index in [4.69, 9.17) is 0 Å². The van der Waals surface area contributed by atoms with Gasteiger partial charge in [-0.05, 0) is 182 Å². The van der Waals surface area contributed by atoms with E-state index in [9.17, 15) is 0 Å². The Kier molecular flexibility index (Phi) is 10.1. The molecular weight excluding hydrogens is 902 g/mol. The first-order valence-corrected chi connectivity index (χ1v) is 27.7. The topological polar surface area (TPSA) is 9.72 Å². The SMILES string of the molecule is CC(C)(C)c1cc2c3c(c1)N(c1ccc4c(c1)C(C)(C)CCC4(C)C)c1cc4c(cc1B3c1ccc(N(c3ccccc3)c3ccccc3)cc1N2c1ccc2c(c1)sc1ccccc12)C(C)(C)CCC4(C)C. The minimum absolute atomic E-state index is 0.0142. The molecule has 2 aliphatic carbocycles. The second-order valence-corrected chi connectivity index (χ2v) is 26.6. The van der Waals surface area contributed by atoms with E-state index in [2.05, 4.69) is 255 Å². The van der Waals surface area contributed by atoms with E-state index in [0.29, 0.717) is 0 Å². The largest absolute Gasteiger partial charge is 0.311 e. The predicted molar refractivity (Wildman–Crippen MR) is 317 cm³/mol. The molecule has 0 saturated carbocycles. The average Bonchev–Trinajstić information content (AvgIpc) is 3.75. The highest BCUT2D eigenvalue weighted by Gasteiger charge is 2.48. The zero-order chi connectivity index (χ0) is 50.6. The number of thiophene rings is 1. The van der Waals surface area contributed by atoms with E-state index < -0.39 is 0 Å². The molecule has 5 heteroatoms. The minimum Gasteiger partial charge on any atom is -0.311 e. The molecule has 0 radical (unpaired) electrons. The van der Waals surface area contributed by atoms with Gasteiger partial charge in [-0.15, -0.1) is 11.3 Å². The van der Waals surface area contributed by atoms with Crippen molar-refractivity contribution >= 4 is 106 Å². The Morgan fingerprint density at radius 3 is 1.55 bits per heavy atom. The van der Waals surface area contributed by atoms with Crippen molar-refractivity contribution in [3.63, 3.8) is 0 Å². The molecule has 1 aromatic heterocycles. The molecule has 4 aliphatic rings. The summed E-state index contributed by atoms with van der Waals surface area (Å²) in [4.78, 5) is 7.79. The van der Waals surface area contributed by atoms with Crippen molar-refractivity contribution in [1.29, 1.82) is 0 Å². The van der Waals surface area contributed by atoms with Crippen LogP contribution in [-0.4, -0.2) is 6.71 Å². The molecule has 8 aromatic carbocycles. The van der Waals surface area contributed by atoms with Gasteiger partial charge in [0.05, 0.1) is 0 Å². The lowest BCUT2D eigenvalue weighted by Crippen LogP contribution is -2.62. The Morgan fingerprint density at radius 2 is 0.932 bits per heavy atom. The third-order valence-corrected chi connectivity index (χ3v) is 19.0. The van der Waals surface area contributed by atoms with Gasteiger partial charge in [-0.3, -0.25) is 0 Å². The van der Waals surface area contributed by atoms with Gasteiger partial charge < -0.3 is 14.7 Å². The summed E-state index contributed by atoms with van der Waals surface area (Å²) in [5.41, 5.74) is 22.4. The third kappa shape index (κ3) is 7.19. The molecule has 364 valence electrons. The van der Waals surface area contributed by atoms with Crippen molar-refractivity contribution in [3.8, 4) is 0 Å². The molecule has 13 rings (SSSR count). The molecule has 0 amide bonds. The zero-order valence-corrected chi connectivity index (χ0v) is 45.6. The van der Waals surface area contributed by atoms with Crippen molar-refractivity contribution in [2.45, 2.75) is 129 Å². The lowest BCUT2D eigenvalue weighted by atomic mass is 9.33. The summed E-state index contributed by atoms with van der Waals surface area (Å²) in [5, 5.41) is 2.63. The molecule has 0 atom stereocenters. The molecule has 73 heavy (non-hydrogen) atoms. The third-order valence-electron chi connectivity index (χ3n) is 17.9. The number of benzene rings is 8. The number of rotatable bonds is 5. The molecule has 3 heterocycles. The maximum Gasteiger partial charge on any atom is 0.252 e. The number of anilines is 9. The van der Waals surface area contributed by atoms with Crippen LogP contribution in [0.4, 0.5) is 51.2 Å². The second kappa shape index (κ2) is 16.0. The summed E-state index contributed by atoms with van der Waals surface area (Å²) in [6, 6.07) is 63.4. The molecule has 0 unspecified atom stereocenters. The van der Waals surface area contributed by atoms with E-state index in [-0.39, 0.29) is 33.8 Å². The number of para-hydroxylation sites is 2. The fourth-order valence-corrected chi connectivity index (χ4v) is 14.5. The van der Waals surface area contributed by atoms with Crippen molar-refractivity contribution in [1.82, 2.24) is 0 Å². The smallest absolute Gasteiger partial charge is 0.252 e. The van der Waals surface area contributed by atoms with Crippen LogP contribution in [0.2, 0.25) is 0 Å². The second-order valence-electron chi connectivity index (χ2n) is 25.5. The highest BCUT2D eigenvalue weighted by molar-refractivity contribution is 7.25. The maximum absolute atomic E-state index is 2.72. The highest BCUT2D eigenvalue weighted by Crippen LogP contribution is 2.54. The summed E-state index contributed by atoms with van der Waals surface area (Å²) < 4.78 is 2.63. The van der Waals surface area contributed by atoms with Gasteiger partial charge in [-0.2, -0.15) is 0 Å². The molecule has 0 saturated heterocycles. The van der Waals surface area contributed by atoms with Gasteiger partial charge in [-0.25, -0.2) is 0 Å². The first kappa shape index (κ1) is 46.2. The van der Waals surface area contributed by atoms with Crippen LogP contribution in [0.3, 0.4) is 0 Å². The van der Waals surface area contributed by atoms with Crippen LogP contribution in [0.25, 0.3) is 20.2 Å². The highest BCUT2D eigenvalue weighted by atomic mass is 32.1. The van der Waals surface area contributed by atoms with Crippen LogP contribution in [0.15, 0.2) is 164 Å². The van der Waals surface area contributed by atoms with Gasteiger partial charge in [0, 0.05) is 71.4 Å². The Morgan fingerprint density at radius 1 is 0.425 bits per heavy atom. The molecule has 0 spiro atoms. The van der Waals surface area contributed by atoms with Crippen LogP contribution in [0.1, 0.15) is 130 Å². The predicted octanol–water partition coefficient (Wildman–Crippen LogP) is 17.6. The summed E-state index contributed by atoms with van der Waals surface area (Å²) in [6.45, 7) is 27.0. The molecule has 2 aliphatic heterocycles. The minimum atomic E-state index is -0.142. The van der Waals surface area contributed by atoms with Crippen LogP contribution in [0.5, 0.6) is 0 Å². The summed E-state index contributed by atoms with van der Waals surface area (Å²) in [6.07, 6.45) is 4.69. The fraction of sp³-hybridized carbons (Fsp3) is 0.294. The van der Waals surface area contributed by atoms with E-state index in [1.54, 1.807) is 0 Å². The first-order valence-electron chi connectivity index (χ1n) is 26.9.